The van der Waals surface area contributed by atoms with Gasteiger partial charge in [0.2, 0.25) is 5.91 Å². The molecule has 2 N–H and O–H groups in total. The van der Waals surface area contributed by atoms with E-state index in [0.29, 0.717) is 12.6 Å². The number of para-hydroxylation sites is 1. The highest BCUT2D eigenvalue weighted by Crippen LogP contribution is 2.20. The van der Waals surface area contributed by atoms with E-state index in [1.165, 1.54) is 18.4 Å². The topological polar surface area (TPSA) is 41.1 Å². The first-order chi connectivity index (χ1) is 10.3. The second-order valence-electron chi connectivity index (χ2n) is 5.52. The first kappa shape index (κ1) is 13.8. The predicted octanol–water partition coefficient (Wildman–Crippen LogP) is 2.97. The molecular weight excluding hydrogens is 260 g/mol. The molecule has 0 bridgehead atoms. The minimum absolute atomic E-state index is 0.0300. The highest BCUT2D eigenvalue weighted by molar-refractivity contribution is 5.93. The van der Waals surface area contributed by atoms with Crippen molar-refractivity contribution in [3.8, 4) is 0 Å². The normalized spacial score (nSPS) is 13.9. The second-order valence-corrected chi connectivity index (χ2v) is 5.52. The van der Waals surface area contributed by atoms with Crippen molar-refractivity contribution in [3.63, 3.8) is 0 Å². The Bertz CT molecular complexity index is 606. The van der Waals surface area contributed by atoms with E-state index < -0.39 is 0 Å². The highest BCUT2D eigenvalue weighted by atomic mass is 16.1. The zero-order chi connectivity index (χ0) is 14.5. The van der Waals surface area contributed by atoms with Crippen molar-refractivity contribution in [1.82, 2.24) is 5.32 Å². The number of amides is 1. The van der Waals surface area contributed by atoms with Gasteiger partial charge in [-0.25, -0.2) is 0 Å². The Kier molecular flexibility index (Phi) is 4.31. The molecule has 1 aliphatic rings. The van der Waals surface area contributed by atoms with Gasteiger partial charge in [0.15, 0.2) is 0 Å². The van der Waals surface area contributed by atoms with Crippen molar-refractivity contribution in [2.45, 2.75) is 25.3 Å². The smallest absolute Gasteiger partial charge is 0.238 e. The summed E-state index contributed by atoms with van der Waals surface area (Å²) in [6, 6.07) is 18.8. The summed E-state index contributed by atoms with van der Waals surface area (Å²) in [4.78, 5) is 12.0. The summed E-state index contributed by atoms with van der Waals surface area (Å²) in [5.41, 5.74) is 3.29. The maximum Gasteiger partial charge on any atom is 0.238 e. The van der Waals surface area contributed by atoms with Crippen LogP contribution in [0.3, 0.4) is 0 Å². The van der Waals surface area contributed by atoms with Crippen LogP contribution in [0.5, 0.6) is 0 Å². The van der Waals surface area contributed by atoms with E-state index >= 15 is 0 Å². The number of anilines is 1. The van der Waals surface area contributed by atoms with Crippen LogP contribution in [0.2, 0.25) is 0 Å². The SMILES string of the molecule is O=C(CNC1CC1)Nc1ccccc1Cc1ccccc1. The second kappa shape index (κ2) is 6.55. The number of benzene rings is 2. The Labute approximate surface area is 125 Å². The zero-order valence-electron chi connectivity index (χ0n) is 12.0. The summed E-state index contributed by atoms with van der Waals surface area (Å²) >= 11 is 0. The van der Waals surface area contributed by atoms with Crippen LogP contribution >= 0.6 is 0 Å². The van der Waals surface area contributed by atoms with Crippen LogP contribution in [-0.2, 0) is 11.2 Å². The van der Waals surface area contributed by atoms with Crippen molar-refractivity contribution in [2.75, 3.05) is 11.9 Å². The minimum Gasteiger partial charge on any atom is -0.325 e. The van der Waals surface area contributed by atoms with E-state index in [0.717, 1.165) is 17.7 Å². The van der Waals surface area contributed by atoms with E-state index in [1.807, 2.05) is 36.4 Å². The van der Waals surface area contributed by atoms with E-state index in [2.05, 4.69) is 28.8 Å². The summed E-state index contributed by atoms with van der Waals surface area (Å²) in [5, 5.41) is 6.25. The Morgan fingerprint density at radius 3 is 2.48 bits per heavy atom. The van der Waals surface area contributed by atoms with Crippen molar-refractivity contribution in [1.29, 1.82) is 0 Å². The Hall–Kier alpha value is -2.13. The number of carbonyl (C=O) groups excluding carboxylic acids is 1. The van der Waals surface area contributed by atoms with E-state index in [4.69, 9.17) is 0 Å². The number of hydrogen-bond acceptors (Lipinski definition) is 2. The average molecular weight is 280 g/mol. The molecular formula is C18H20N2O. The number of hydrogen-bond donors (Lipinski definition) is 2. The molecule has 0 spiro atoms. The van der Waals surface area contributed by atoms with Crippen molar-refractivity contribution in [3.05, 3.63) is 65.7 Å². The predicted molar refractivity (Wildman–Crippen MR) is 85.3 cm³/mol. The third-order valence-corrected chi connectivity index (χ3v) is 3.66. The first-order valence-corrected chi connectivity index (χ1v) is 7.46. The number of carbonyl (C=O) groups is 1. The summed E-state index contributed by atoms with van der Waals surface area (Å²) in [5.74, 6) is 0.0300. The maximum atomic E-state index is 12.0. The molecule has 1 aliphatic carbocycles. The summed E-state index contributed by atoms with van der Waals surface area (Å²) in [6.07, 6.45) is 3.21. The van der Waals surface area contributed by atoms with Crippen molar-refractivity contribution < 1.29 is 4.79 Å². The molecule has 2 aromatic rings. The molecule has 21 heavy (non-hydrogen) atoms. The molecule has 2 aromatic carbocycles. The van der Waals surface area contributed by atoms with Gasteiger partial charge in [-0.15, -0.1) is 0 Å². The van der Waals surface area contributed by atoms with Crippen molar-refractivity contribution in [2.24, 2.45) is 0 Å². The third-order valence-electron chi connectivity index (χ3n) is 3.66. The summed E-state index contributed by atoms with van der Waals surface area (Å²) in [6.45, 7) is 0.393. The molecule has 0 heterocycles. The molecule has 3 nitrogen and oxygen atoms in total. The summed E-state index contributed by atoms with van der Waals surface area (Å²) in [7, 11) is 0. The van der Waals surface area contributed by atoms with Crippen LogP contribution in [0.1, 0.15) is 24.0 Å². The monoisotopic (exact) mass is 280 g/mol. The lowest BCUT2D eigenvalue weighted by atomic mass is 10.0. The Balaban J connectivity index is 1.65. The maximum absolute atomic E-state index is 12.0. The lowest BCUT2D eigenvalue weighted by Crippen LogP contribution is -2.29. The highest BCUT2D eigenvalue weighted by Gasteiger charge is 2.21. The molecule has 1 amide bonds. The minimum atomic E-state index is 0.0300. The van der Waals surface area contributed by atoms with Gasteiger partial charge in [-0.2, -0.15) is 0 Å². The molecule has 0 unspecified atom stereocenters. The van der Waals surface area contributed by atoms with Gasteiger partial charge < -0.3 is 10.6 Å². The largest absolute Gasteiger partial charge is 0.325 e. The van der Waals surface area contributed by atoms with Gasteiger partial charge in [-0.3, -0.25) is 4.79 Å². The summed E-state index contributed by atoms with van der Waals surface area (Å²) < 4.78 is 0. The fourth-order valence-electron chi connectivity index (χ4n) is 2.33. The zero-order valence-corrected chi connectivity index (χ0v) is 12.0. The van der Waals surface area contributed by atoms with Crippen LogP contribution in [-0.4, -0.2) is 18.5 Å². The molecule has 108 valence electrons. The lowest BCUT2D eigenvalue weighted by molar-refractivity contribution is -0.115. The third kappa shape index (κ3) is 4.17. The number of rotatable bonds is 6. The van der Waals surface area contributed by atoms with Crippen LogP contribution < -0.4 is 10.6 Å². The van der Waals surface area contributed by atoms with Crippen LogP contribution in [0.4, 0.5) is 5.69 Å². The van der Waals surface area contributed by atoms with Gasteiger partial charge in [-0.1, -0.05) is 48.5 Å². The standard InChI is InChI=1S/C18H20N2O/c21-18(13-19-16-10-11-16)20-17-9-5-4-8-15(17)12-14-6-2-1-3-7-14/h1-9,16,19H,10-13H2,(H,20,21). The van der Waals surface area contributed by atoms with Crippen LogP contribution in [0.25, 0.3) is 0 Å². The van der Waals surface area contributed by atoms with E-state index in [-0.39, 0.29) is 5.91 Å². The van der Waals surface area contributed by atoms with Gasteiger partial charge in [0, 0.05) is 11.7 Å². The van der Waals surface area contributed by atoms with Gasteiger partial charge in [0.25, 0.3) is 0 Å². The number of nitrogens with one attached hydrogen (secondary N) is 2. The molecule has 3 heteroatoms. The van der Waals surface area contributed by atoms with E-state index in [1.54, 1.807) is 0 Å². The molecule has 0 aromatic heterocycles. The van der Waals surface area contributed by atoms with Crippen LogP contribution in [0, 0.1) is 0 Å². The molecule has 0 atom stereocenters. The molecule has 1 saturated carbocycles. The fourth-order valence-corrected chi connectivity index (χ4v) is 2.33. The fraction of sp³-hybridized carbons (Fsp3) is 0.278. The first-order valence-electron chi connectivity index (χ1n) is 7.46. The molecule has 3 rings (SSSR count). The van der Waals surface area contributed by atoms with Gasteiger partial charge in [0.05, 0.1) is 6.54 Å². The average Bonchev–Trinajstić information content (AvgIpc) is 3.33. The quantitative estimate of drug-likeness (QED) is 0.854. The molecule has 0 aliphatic heterocycles. The van der Waals surface area contributed by atoms with Crippen LogP contribution in [0.15, 0.2) is 54.6 Å². The molecule has 0 saturated heterocycles. The molecule has 0 radical (unpaired) electrons. The Morgan fingerprint density at radius 1 is 1.00 bits per heavy atom. The van der Waals surface area contributed by atoms with Gasteiger partial charge in [0.1, 0.15) is 0 Å². The van der Waals surface area contributed by atoms with E-state index in [9.17, 15) is 4.79 Å². The lowest BCUT2D eigenvalue weighted by Gasteiger charge is -2.11. The van der Waals surface area contributed by atoms with Gasteiger partial charge >= 0.3 is 0 Å². The van der Waals surface area contributed by atoms with Crippen molar-refractivity contribution >= 4 is 11.6 Å². The Morgan fingerprint density at radius 2 is 1.71 bits per heavy atom. The molecule has 1 fully saturated rings. The van der Waals surface area contributed by atoms with Gasteiger partial charge in [-0.05, 0) is 36.5 Å².